The summed E-state index contributed by atoms with van der Waals surface area (Å²) in [5, 5.41) is 0. The maximum Gasteiger partial charge on any atom is 0.360 e. The third-order valence-electron chi connectivity index (χ3n) is 2.69. The minimum absolute atomic E-state index is 0.192. The number of carbonyl (C=O) groups is 1. The molecule has 0 aromatic carbocycles. The van der Waals surface area contributed by atoms with Gasteiger partial charge in [-0.05, 0) is 27.9 Å². The second-order valence-corrected chi connectivity index (χ2v) is 4.16. The minimum atomic E-state index is -0.471. The van der Waals surface area contributed by atoms with Crippen molar-refractivity contribution in [1.82, 2.24) is 14.5 Å². The highest BCUT2D eigenvalue weighted by Crippen LogP contribution is 2.12. The third kappa shape index (κ3) is 3.20. The second-order valence-electron chi connectivity index (χ2n) is 4.16. The highest BCUT2D eigenvalue weighted by Gasteiger charge is 2.18. The van der Waals surface area contributed by atoms with Gasteiger partial charge >= 0.3 is 5.97 Å². The van der Waals surface area contributed by atoms with Gasteiger partial charge in [0.25, 0.3) is 0 Å². The highest BCUT2D eigenvalue weighted by molar-refractivity contribution is 5.92. The molecule has 1 unspecified atom stereocenters. The predicted octanol–water partition coefficient (Wildman–Crippen LogP) is 0.592. The Morgan fingerprint density at radius 1 is 1.65 bits per heavy atom. The molecule has 96 valence electrons. The minimum Gasteiger partial charge on any atom is -0.461 e. The molecule has 0 saturated heterocycles. The van der Waals surface area contributed by atoms with Crippen LogP contribution in [0.25, 0.3) is 0 Å². The lowest BCUT2D eigenvalue weighted by atomic mass is 10.3. The molecule has 0 aliphatic heterocycles. The summed E-state index contributed by atoms with van der Waals surface area (Å²) in [7, 11) is 3.98. The second kappa shape index (κ2) is 5.67. The Kier molecular flexibility index (Phi) is 4.51. The van der Waals surface area contributed by atoms with E-state index in [2.05, 4.69) is 16.8 Å². The van der Waals surface area contributed by atoms with Crippen LogP contribution in [0, 0.1) is 0 Å². The summed E-state index contributed by atoms with van der Waals surface area (Å²) < 4.78 is 6.63. The number of nitrogens with zero attached hydrogens (tertiary/aromatic N) is 3. The highest BCUT2D eigenvalue weighted by atomic mass is 16.5. The van der Waals surface area contributed by atoms with Crippen molar-refractivity contribution >= 4 is 11.8 Å². The van der Waals surface area contributed by atoms with Gasteiger partial charge in [0, 0.05) is 12.6 Å². The van der Waals surface area contributed by atoms with E-state index in [4.69, 9.17) is 10.5 Å². The fourth-order valence-corrected chi connectivity index (χ4v) is 1.34. The topological polar surface area (TPSA) is 73.4 Å². The third-order valence-corrected chi connectivity index (χ3v) is 2.69. The molecular weight excluding hydrogens is 220 g/mol. The average Bonchev–Trinajstić information content (AvgIpc) is 2.61. The number of hydrogen-bond donors (Lipinski definition) is 1. The van der Waals surface area contributed by atoms with E-state index < -0.39 is 5.97 Å². The maximum absolute atomic E-state index is 11.5. The molecule has 0 spiro atoms. The predicted molar refractivity (Wildman–Crippen MR) is 65.7 cm³/mol. The zero-order chi connectivity index (χ0) is 13.0. The Morgan fingerprint density at radius 3 is 2.82 bits per heavy atom. The van der Waals surface area contributed by atoms with E-state index in [0.717, 1.165) is 0 Å². The van der Waals surface area contributed by atoms with Gasteiger partial charge in [-0.3, -0.25) is 0 Å². The number of imidazole rings is 1. The molecule has 0 amide bonds. The van der Waals surface area contributed by atoms with Crippen LogP contribution in [-0.2, 0) is 11.3 Å². The van der Waals surface area contributed by atoms with E-state index in [9.17, 15) is 4.79 Å². The van der Waals surface area contributed by atoms with Crippen LogP contribution in [0.15, 0.2) is 6.33 Å². The van der Waals surface area contributed by atoms with Crippen LogP contribution in [0.3, 0.4) is 0 Å². The van der Waals surface area contributed by atoms with E-state index in [1.165, 1.54) is 0 Å². The molecule has 0 fully saturated rings. The molecule has 17 heavy (non-hydrogen) atoms. The van der Waals surface area contributed by atoms with Crippen LogP contribution in [0.5, 0.6) is 0 Å². The monoisotopic (exact) mass is 240 g/mol. The lowest BCUT2D eigenvalue weighted by molar-refractivity contribution is 0.0521. The number of likely N-dealkylation sites (N-methyl/N-ethyl adjacent to an activating group) is 1. The molecule has 6 heteroatoms. The maximum atomic E-state index is 11.5. The van der Waals surface area contributed by atoms with Crippen molar-refractivity contribution in [2.24, 2.45) is 0 Å². The van der Waals surface area contributed by atoms with Gasteiger partial charge in [0.1, 0.15) is 5.82 Å². The van der Waals surface area contributed by atoms with Gasteiger partial charge in [0.05, 0.1) is 12.9 Å². The number of anilines is 1. The Hall–Kier alpha value is -1.56. The van der Waals surface area contributed by atoms with Gasteiger partial charge in [0.2, 0.25) is 0 Å². The Labute approximate surface area is 101 Å². The van der Waals surface area contributed by atoms with Crippen LogP contribution in [0.2, 0.25) is 0 Å². The zero-order valence-corrected chi connectivity index (χ0v) is 10.8. The number of ether oxygens (including phenoxy) is 1. The van der Waals surface area contributed by atoms with E-state index in [0.29, 0.717) is 25.0 Å². The molecule has 0 bridgehead atoms. The lowest BCUT2D eigenvalue weighted by Crippen LogP contribution is -2.29. The van der Waals surface area contributed by atoms with Gasteiger partial charge in [-0.1, -0.05) is 0 Å². The first kappa shape index (κ1) is 13.5. The van der Waals surface area contributed by atoms with Crippen LogP contribution < -0.4 is 5.73 Å². The Morgan fingerprint density at radius 2 is 2.29 bits per heavy atom. The first-order valence-corrected chi connectivity index (χ1v) is 5.61. The van der Waals surface area contributed by atoms with Crippen molar-refractivity contribution in [2.45, 2.75) is 26.4 Å². The van der Waals surface area contributed by atoms with Gasteiger partial charge < -0.3 is 19.9 Å². The normalized spacial score (nSPS) is 12.8. The van der Waals surface area contributed by atoms with Crippen molar-refractivity contribution < 1.29 is 9.53 Å². The molecule has 6 nitrogen and oxygen atoms in total. The standard InChI is InChI=1S/C11H20N4O2/c1-5-17-11(16)9-10(12)15(7-13-9)6-8(2)14(3)4/h7-8H,5-6,12H2,1-4H3. The summed E-state index contributed by atoms with van der Waals surface area (Å²) in [6.07, 6.45) is 1.57. The largest absolute Gasteiger partial charge is 0.461 e. The quantitative estimate of drug-likeness (QED) is 0.763. The summed E-state index contributed by atoms with van der Waals surface area (Å²) in [5.74, 6) is -0.113. The van der Waals surface area contributed by atoms with E-state index >= 15 is 0 Å². The smallest absolute Gasteiger partial charge is 0.360 e. The molecule has 1 aromatic rings. The van der Waals surface area contributed by atoms with Crippen molar-refractivity contribution in [1.29, 1.82) is 0 Å². The molecule has 2 N–H and O–H groups in total. The number of hydrogen-bond acceptors (Lipinski definition) is 5. The van der Waals surface area contributed by atoms with Gasteiger partial charge in [-0.15, -0.1) is 0 Å². The molecule has 1 aromatic heterocycles. The van der Waals surface area contributed by atoms with E-state index in [1.54, 1.807) is 17.8 Å². The van der Waals surface area contributed by atoms with Crippen LogP contribution in [0.1, 0.15) is 24.3 Å². The molecule has 1 heterocycles. The fraction of sp³-hybridized carbons (Fsp3) is 0.636. The number of nitrogens with two attached hydrogens (primary N) is 1. The molecule has 0 aliphatic rings. The zero-order valence-electron chi connectivity index (χ0n) is 10.8. The summed E-state index contributed by atoms with van der Waals surface area (Å²) in [6, 6.07) is 0.307. The summed E-state index contributed by atoms with van der Waals surface area (Å²) in [5.41, 5.74) is 6.06. The van der Waals surface area contributed by atoms with Gasteiger partial charge in [-0.2, -0.15) is 0 Å². The Bertz CT molecular complexity index is 387. The molecule has 0 radical (unpaired) electrons. The number of nitrogen functional groups attached to an aromatic ring is 1. The van der Waals surface area contributed by atoms with Crippen LogP contribution >= 0.6 is 0 Å². The first-order valence-electron chi connectivity index (χ1n) is 5.61. The molecular formula is C11H20N4O2. The molecule has 0 aliphatic carbocycles. The number of aromatic nitrogens is 2. The van der Waals surface area contributed by atoms with E-state index in [-0.39, 0.29) is 5.69 Å². The number of rotatable bonds is 5. The molecule has 1 atom stereocenters. The summed E-state index contributed by atoms with van der Waals surface area (Å²) in [4.78, 5) is 17.6. The van der Waals surface area contributed by atoms with Gasteiger partial charge in [0.15, 0.2) is 5.69 Å². The Balaban J connectivity index is 2.80. The average molecular weight is 240 g/mol. The van der Waals surface area contributed by atoms with Crippen molar-refractivity contribution in [3.8, 4) is 0 Å². The first-order chi connectivity index (χ1) is 7.97. The fourth-order valence-electron chi connectivity index (χ4n) is 1.34. The van der Waals surface area contributed by atoms with Crippen molar-refractivity contribution in [3.63, 3.8) is 0 Å². The molecule has 0 saturated carbocycles. The summed E-state index contributed by atoms with van der Waals surface area (Å²) >= 11 is 0. The van der Waals surface area contributed by atoms with Gasteiger partial charge in [-0.25, -0.2) is 9.78 Å². The van der Waals surface area contributed by atoms with Crippen molar-refractivity contribution in [3.05, 3.63) is 12.0 Å². The van der Waals surface area contributed by atoms with E-state index in [1.807, 2.05) is 14.1 Å². The van der Waals surface area contributed by atoms with Crippen LogP contribution in [0.4, 0.5) is 5.82 Å². The lowest BCUT2D eigenvalue weighted by Gasteiger charge is -2.20. The molecule has 1 rings (SSSR count). The number of esters is 1. The summed E-state index contributed by atoms with van der Waals surface area (Å²) in [6.45, 7) is 4.83. The van der Waals surface area contributed by atoms with Crippen LogP contribution in [-0.4, -0.2) is 47.2 Å². The van der Waals surface area contributed by atoms with Crippen molar-refractivity contribution in [2.75, 3.05) is 26.4 Å². The SMILES string of the molecule is CCOC(=O)c1ncn(CC(C)N(C)C)c1N. The number of carbonyl (C=O) groups excluding carboxylic acids is 1.